The first-order valence-corrected chi connectivity index (χ1v) is 12.4. The molecule has 6 aromatic rings. The summed E-state index contributed by atoms with van der Waals surface area (Å²) in [5.41, 5.74) is 11.1. The highest BCUT2D eigenvalue weighted by molar-refractivity contribution is 6.16. The number of hydrogen-bond acceptors (Lipinski definition) is 5. The summed E-state index contributed by atoms with van der Waals surface area (Å²) in [5, 5.41) is 16.7. The van der Waals surface area contributed by atoms with Gasteiger partial charge in [-0.2, -0.15) is 0 Å². The van der Waals surface area contributed by atoms with Crippen molar-refractivity contribution in [2.75, 3.05) is 11.9 Å². The predicted molar refractivity (Wildman–Crippen MR) is 153 cm³/mol. The van der Waals surface area contributed by atoms with Crippen molar-refractivity contribution in [3.8, 4) is 16.8 Å². The van der Waals surface area contributed by atoms with Gasteiger partial charge >= 0.3 is 0 Å². The standard InChI is InChI=1S/C31H27N5O2/c1-31(2,38)18-35-25-15-21(17-34-29(25)30(32)37)36-26-12-6-4-9-23(26)28-22(10-7-13-27(28)36)20-14-19-8-3-5-11-24(19)33-16-20/h3-17,35,38H,18H2,1-2H3,(H2,32,37). The number of aromatic nitrogens is 3. The third-order valence-corrected chi connectivity index (χ3v) is 6.68. The lowest BCUT2D eigenvalue weighted by Gasteiger charge is -2.20. The molecule has 3 heterocycles. The molecule has 0 saturated heterocycles. The SMILES string of the molecule is CC(C)(O)CNc1cc(-n2c3ccccc3c3c(-c4cnc5ccccc5c4)cccc32)cnc1C(N)=O. The van der Waals surface area contributed by atoms with E-state index in [9.17, 15) is 9.90 Å². The van der Waals surface area contributed by atoms with Gasteiger partial charge in [0.1, 0.15) is 0 Å². The number of nitrogens with one attached hydrogen (secondary N) is 1. The van der Waals surface area contributed by atoms with Crippen LogP contribution in [0.1, 0.15) is 24.3 Å². The van der Waals surface area contributed by atoms with Gasteiger partial charge in [-0.25, -0.2) is 4.98 Å². The predicted octanol–water partition coefficient (Wildman–Crippen LogP) is 5.68. The molecule has 6 rings (SSSR count). The number of benzene rings is 3. The second-order valence-electron chi connectivity index (χ2n) is 10.1. The Balaban J connectivity index is 1.59. The molecule has 0 spiro atoms. The maximum atomic E-state index is 12.1. The zero-order valence-electron chi connectivity index (χ0n) is 21.1. The quantitative estimate of drug-likeness (QED) is 0.272. The van der Waals surface area contributed by atoms with Crippen LogP contribution in [0, 0.1) is 0 Å². The number of rotatable bonds is 6. The molecule has 1 amide bonds. The van der Waals surface area contributed by atoms with Crippen LogP contribution in [0.5, 0.6) is 0 Å². The molecule has 3 aromatic carbocycles. The number of carbonyl (C=O) groups is 1. The molecule has 0 radical (unpaired) electrons. The van der Waals surface area contributed by atoms with Gasteiger partial charge in [0.05, 0.1) is 39.7 Å². The van der Waals surface area contributed by atoms with Gasteiger partial charge in [-0.05, 0) is 49.7 Å². The van der Waals surface area contributed by atoms with Gasteiger partial charge in [-0.1, -0.05) is 48.5 Å². The smallest absolute Gasteiger partial charge is 0.269 e. The van der Waals surface area contributed by atoms with Crippen LogP contribution < -0.4 is 11.1 Å². The van der Waals surface area contributed by atoms with Crippen molar-refractivity contribution < 1.29 is 9.90 Å². The highest BCUT2D eigenvalue weighted by Crippen LogP contribution is 2.39. The van der Waals surface area contributed by atoms with Crippen molar-refractivity contribution in [1.82, 2.24) is 14.5 Å². The first-order chi connectivity index (χ1) is 18.3. The minimum atomic E-state index is -0.986. The van der Waals surface area contributed by atoms with E-state index in [-0.39, 0.29) is 12.2 Å². The monoisotopic (exact) mass is 501 g/mol. The summed E-state index contributed by atoms with van der Waals surface area (Å²) in [6.07, 6.45) is 3.58. The van der Waals surface area contributed by atoms with E-state index >= 15 is 0 Å². The molecular formula is C31H27N5O2. The van der Waals surface area contributed by atoms with Crippen LogP contribution >= 0.6 is 0 Å². The van der Waals surface area contributed by atoms with E-state index < -0.39 is 11.5 Å². The highest BCUT2D eigenvalue weighted by Gasteiger charge is 2.20. The number of hydrogen-bond donors (Lipinski definition) is 3. The number of primary amides is 1. The van der Waals surface area contributed by atoms with Crippen LogP contribution in [0.25, 0.3) is 49.5 Å². The molecule has 7 heteroatoms. The third kappa shape index (κ3) is 4.13. The molecule has 4 N–H and O–H groups in total. The fourth-order valence-electron chi connectivity index (χ4n) is 4.98. The molecule has 0 atom stereocenters. The van der Waals surface area contributed by atoms with E-state index in [0.717, 1.165) is 49.5 Å². The largest absolute Gasteiger partial charge is 0.389 e. The van der Waals surface area contributed by atoms with E-state index in [1.807, 2.05) is 48.7 Å². The van der Waals surface area contributed by atoms with Gasteiger partial charge in [-0.15, -0.1) is 0 Å². The fourth-order valence-corrected chi connectivity index (χ4v) is 4.98. The summed E-state index contributed by atoms with van der Waals surface area (Å²) in [6, 6.07) is 26.6. The molecule has 7 nitrogen and oxygen atoms in total. The van der Waals surface area contributed by atoms with Crippen LogP contribution in [-0.4, -0.2) is 37.7 Å². The van der Waals surface area contributed by atoms with Gasteiger partial charge in [0.2, 0.25) is 0 Å². The molecule has 0 bridgehead atoms. The molecule has 0 fully saturated rings. The number of fused-ring (bicyclic) bond motifs is 4. The van der Waals surface area contributed by atoms with Crippen LogP contribution in [0.15, 0.2) is 91.3 Å². The van der Waals surface area contributed by atoms with Crippen molar-refractivity contribution in [2.24, 2.45) is 5.73 Å². The van der Waals surface area contributed by atoms with E-state index in [0.29, 0.717) is 5.69 Å². The minimum Gasteiger partial charge on any atom is -0.389 e. The van der Waals surface area contributed by atoms with Crippen molar-refractivity contribution in [2.45, 2.75) is 19.4 Å². The average molecular weight is 502 g/mol. The normalized spacial score (nSPS) is 11.9. The molecule has 0 saturated carbocycles. The van der Waals surface area contributed by atoms with Crippen LogP contribution in [0.4, 0.5) is 5.69 Å². The zero-order chi connectivity index (χ0) is 26.4. The topological polar surface area (TPSA) is 106 Å². The minimum absolute atomic E-state index is 0.127. The van der Waals surface area contributed by atoms with Crippen molar-refractivity contribution in [1.29, 1.82) is 0 Å². The number of nitrogens with zero attached hydrogens (tertiary/aromatic N) is 3. The lowest BCUT2D eigenvalue weighted by atomic mass is 9.99. The summed E-state index contributed by atoms with van der Waals surface area (Å²) < 4.78 is 2.13. The van der Waals surface area contributed by atoms with Crippen molar-refractivity contribution in [3.63, 3.8) is 0 Å². The van der Waals surface area contributed by atoms with Crippen LogP contribution in [0.3, 0.4) is 0 Å². The first-order valence-electron chi connectivity index (χ1n) is 12.4. The number of nitrogens with two attached hydrogens (primary N) is 1. The Kier molecular flexibility index (Phi) is 5.58. The summed E-state index contributed by atoms with van der Waals surface area (Å²) in [7, 11) is 0. The lowest BCUT2D eigenvalue weighted by Crippen LogP contribution is -2.30. The number of para-hydroxylation sites is 2. The number of aliphatic hydroxyl groups is 1. The zero-order valence-corrected chi connectivity index (χ0v) is 21.1. The Morgan fingerprint density at radius 2 is 1.71 bits per heavy atom. The first kappa shape index (κ1) is 23.6. The highest BCUT2D eigenvalue weighted by atomic mass is 16.3. The molecule has 0 aliphatic carbocycles. The summed E-state index contributed by atoms with van der Waals surface area (Å²) in [5.74, 6) is -0.636. The Hall–Kier alpha value is -4.75. The van der Waals surface area contributed by atoms with Gasteiger partial charge in [0, 0.05) is 34.5 Å². The van der Waals surface area contributed by atoms with E-state index in [1.165, 1.54) is 0 Å². The molecular weight excluding hydrogens is 474 g/mol. The molecule has 38 heavy (non-hydrogen) atoms. The summed E-state index contributed by atoms with van der Waals surface area (Å²) >= 11 is 0. The van der Waals surface area contributed by atoms with E-state index in [2.05, 4.69) is 51.3 Å². The Morgan fingerprint density at radius 3 is 2.53 bits per heavy atom. The van der Waals surface area contributed by atoms with Gasteiger partial charge < -0.3 is 20.7 Å². The summed E-state index contributed by atoms with van der Waals surface area (Å²) in [6.45, 7) is 3.61. The number of amides is 1. The Labute approximate surface area is 219 Å². The lowest BCUT2D eigenvalue weighted by molar-refractivity contribution is 0.0939. The Bertz CT molecular complexity index is 1850. The van der Waals surface area contributed by atoms with E-state index in [4.69, 9.17) is 10.7 Å². The van der Waals surface area contributed by atoms with Gasteiger partial charge in [-0.3, -0.25) is 9.78 Å². The molecule has 0 aliphatic rings. The molecule has 188 valence electrons. The molecule has 3 aromatic heterocycles. The van der Waals surface area contributed by atoms with E-state index in [1.54, 1.807) is 20.0 Å². The number of carbonyl (C=O) groups excluding carboxylic acids is 1. The second kappa shape index (κ2) is 8.97. The Morgan fingerprint density at radius 1 is 0.947 bits per heavy atom. The summed E-state index contributed by atoms with van der Waals surface area (Å²) in [4.78, 5) is 21.2. The maximum absolute atomic E-state index is 12.1. The maximum Gasteiger partial charge on any atom is 0.269 e. The van der Waals surface area contributed by atoms with Gasteiger partial charge in [0.25, 0.3) is 5.91 Å². The third-order valence-electron chi connectivity index (χ3n) is 6.68. The molecule has 0 aliphatic heterocycles. The van der Waals surface area contributed by atoms with Crippen LogP contribution in [0.2, 0.25) is 0 Å². The van der Waals surface area contributed by atoms with Crippen LogP contribution in [-0.2, 0) is 0 Å². The van der Waals surface area contributed by atoms with Gasteiger partial charge in [0.15, 0.2) is 5.69 Å². The molecule has 0 unspecified atom stereocenters. The van der Waals surface area contributed by atoms with Crippen molar-refractivity contribution >= 4 is 44.3 Å². The number of pyridine rings is 2. The van der Waals surface area contributed by atoms with Crippen molar-refractivity contribution in [3.05, 3.63) is 97.0 Å². The average Bonchev–Trinajstić information content (AvgIpc) is 3.25. The fraction of sp³-hybridized carbons (Fsp3) is 0.129. The number of anilines is 1. The second-order valence-corrected chi connectivity index (χ2v) is 10.1.